The summed E-state index contributed by atoms with van der Waals surface area (Å²) in [6.45, 7) is 3.43. The topological polar surface area (TPSA) is 89.3 Å². The molecular formula is C26H25FN2O6. The lowest BCUT2D eigenvalue weighted by Crippen LogP contribution is -2.42. The summed E-state index contributed by atoms with van der Waals surface area (Å²) in [5.74, 6) is -3.43. The predicted octanol–water partition coefficient (Wildman–Crippen LogP) is 2.86. The molecule has 35 heavy (non-hydrogen) atoms. The zero-order valence-corrected chi connectivity index (χ0v) is 19.2. The van der Waals surface area contributed by atoms with Crippen LogP contribution >= 0.6 is 0 Å². The van der Waals surface area contributed by atoms with Crippen molar-refractivity contribution in [3.8, 4) is 5.75 Å². The van der Waals surface area contributed by atoms with Crippen LogP contribution in [0, 0.1) is 11.7 Å². The van der Waals surface area contributed by atoms with E-state index in [1.807, 2.05) is 0 Å². The second-order valence-corrected chi connectivity index (χ2v) is 8.64. The van der Waals surface area contributed by atoms with E-state index in [1.165, 1.54) is 36.3 Å². The maximum atomic E-state index is 13.7. The van der Waals surface area contributed by atoms with Crippen molar-refractivity contribution in [2.45, 2.75) is 6.04 Å². The highest BCUT2D eigenvalue weighted by Crippen LogP contribution is 2.39. The number of amides is 1. The molecule has 0 bridgehead atoms. The van der Waals surface area contributed by atoms with Crippen molar-refractivity contribution in [1.82, 2.24) is 9.80 Å². The number of carbonyl (C=O) groups is 3. The fourth-order valence-electron chi connectivity index (χ4n) is 4.81. The van der Waals surface area contributed by atoms with Crippen LogP contribution in [0.25, 0.3) is 11.0 Å². The van der Waals surface area contributed by atoms with Crippen LogP contribution in [0.2, 0.25) is 0 Å². The second kappa shape index (κ2) is 9.59. The summed E-state index contributed by atoms with van der Waals surface area (Å²) in [5.41, 5.74) is 0.900. The first-order chi connectivity index (χ1) is 17.0. The van der Waals surface area contributed by atoms with Crippen molar-refractivity contribution in [2.75, 3.05) is 46.5 Å². The summed E-state index contributed by atoms with van der Waals surface area (Å²) in [4.78, 5) is 43.5. The lowest BCUT2D eigenvalue weighted by Gasteiger charge is -2.31. The van der Waals surface area contributed by atoms with Crippen LogP contribution in [-0.2, 0) is 14.3 Å². The summed E-state index contributed by atoms with van der Waals surface area (Å²) in [5, 5.41) is 0.645. The van der Waals surface area contributed by atoms with Gasteiger partial charge in [-0.1, -0.05) is 24.3 Å². The number of hydrogen-bond donors (Lipinski definition) is 0. The van der Waals surface area contributed by atoms with E-state index in [9.17, 15) is 18.8 Å². The highest BCUT2D eigenvalue weighted by molar-refractivity contribution is 6.43. The fourth-order valence-corrected chi connectivity index (χ4v) is 4.81. The maximum Gasteiger partial charge on any atom is 0.291 e. The molecule has 1 aromatic heterocycles. The first-order valence-electron chi connectivity index (χ1n) is 11.5. The number of likely N-dealkylation sites (tertiary alicyclic amines) is 1. The SMILES string of the molecule is COc1cccc2cc(C(=O)C3C(=O)C(=O)N(CCN4CCOCC4)C3c3ccc(F)cc3)oc12. The number of furan rings is 1. The molecule has 5 rings (SSSR count). The van der Waals surface area contributed by atoms with Crippen molar-refractivity contribution in [2.24, 2.45) is 5.92 Å². The van der Waals surface area contributed by atoms with E-state index in [-0.39, 0.29) is 12.3 Å². The van der Waals surface area contributed by atoms with Gasteiger partial charge in [0, 0.05) is 31.6 Å². The molecule has 2 saturated heterocycles. The molecule has 0 saturated carbocycles. The smallest absolute Gasteiger partial charge is 0.291 e. The molecule has 3 aromatic rings. The number of para-hydroxylation sites is 1. The largest absolute Gasteiger partial charge is 0.493 e. The molecule has 2 aliphatic heterocycles. The third-order valence-electron chi connectivity index (χ3n) is 6.63. The molecule has 0 radical (unpaired) electrons. The van der Waals surface area contributed by atoms with Gasteiger partial charge < -0.3 is 18.8 Å². The Morgan fingerprint density at radius 2 is 1.83 bits per heavy atom. The van der Waals surface area contributed by atoms with E-state index in [1.54, 1.807) is 24.3 Å². The Labute approximate surface area is 201 Å². The number of ether oxygens (including phenoxy) is 2. The van der Waals surface area contributed by atoms with E-state index in [2.05, 4.69) is 4.90 Å². The Kier molecular flexibility index (Phi) is 6.36. The van der Waals surface area contributed by atoms with Crippen LogP contribution in [0.5, 0.6) is 5.75 Å². The number of methoxy groups -OCH3 is 1. The minimum atomic E-state index is -1.30. The molecule has 1 amide bonds. The highest BCUT2D eigenvalue weighted by Gasteiger charge is 2.52. The lowest BCUT2D eigenvalue weighted by molar-refractivity contribution is -0.141. The molecule has 2 atom stereocenters. The van der Waals surface area contributed by atoms with E-state index < -0.39 is 35.3 Å². The Hall–Kier alpha value is -3.56. The number of carbonyl (C=O) groups excluding carboxylic acids is 3. The zero-order chi connectivity index (χ0) is 24.5. The first-order valence-corrected chi connectivity index (χ1v) is 11.5. The van der Waals surface area contributed by atoms with Gasteiger partial charge in [0.2, 0.25) is 11.6 Å². The molecule has 0 spiro atoms. The van der Waals surface area contributed by atoms with Crippen LogP contribution in [0.4, 0.5) is 4.39 Å². The van der Waals surface area contributed by atoms with Crippen molar-refractivity contribution in [3.05, 3.63) is 65.7 Å². The monoisotopic (exact) mass is 480 g/mol. The molecule has 3 heterocycles. The van der Waals surface area contributed by atoms with Gasteiger partial charge in [-0.2, -0.15) is 0 Å². The molecule has 9 heteroatoms. The van der Waals surface area contributed by atoms with Gasteiger partial charge in [0.05, 0.1) is 26.4 Å². The molecule has 0 N–H and O–H groups in total. The third-order valence-corrected chi connectivity index (χ3v) is 6.63. The van der Waals surface area contributed by atoms with Crippen molar-refractivity contribution in [1.29, 1.82) is 0 Å². The fraction of sp³-hybridized carbons (Fsp3) is 0.346. The quantitative estimate of drug-likeness (QED) is 0.292. The van der Waals surface area contributed by atoms with Crippen LogP contribution in [-0.4, -0.2) is 73.8 Å². The first kappa shape index (κ1) is 23.2. The van der Waals surface area contributed by atoms with Gasteiger partial charge in [0.25, 0.3) is 5.91 Å². The van der Waals surface area contributed by atoms with Crippen molar-refractivity contribution < 1.29 is 32.7 Å². The number of fused-ring (bicyclic) bond motifs is 1. The number of benzene rings is 2. The summed E-state index contributed by atoms with van der Waals surface area (Å²) < 4.78 is 30.2. The van der Waals surface area contributed by atoms with Crippen molar-refractivity contribution in [3.63, 3.8) is 0 Å². The van der Waals surface area contributed by atoms with Crippen LogP contribution in [0.3, 0.4) is 0 Å². The van der Waals surface area contributed by atoms with Gasteiger partial charge in [-0.15, -0.1) is 0 Å². The van der Waals surface area contributed by atoms with E-state index in [0.717, 1.165) is 13.1 Å². The number of nitrogens with zero attached hydrogens (tertiary/aromatic N) is 2. The maximum absolute atomic E-state index is 13.7. The number of ketones is 2. The van der Waals surface area contributed by atoms with Crippen molar-refractivity contribution >= 4 is 28.4 Å². The zero-order valence-electron chi connectivity index (χ0n) is 19.2. The second-order valence-electron chi connectivity index (χ2n) is 8.64. The lowest BCUT2D eigenvalue weighted by atomic mass is 9.88. The molecule has 182 valence electrons. The Balaban J connectivity index is 1.50. The average Bonchev–Trinajstić information content (AvgIpc) is 3.43. The average molecular weight is 480 g/mol. The Morgan fingerprint density at radius 3 is 2.54 bits per heavy atom. The third kappa shape index (κ3) is 4.33. The summed E-state index contributed by atoms with van der Waals surface area (Å²) in [7, 11) is 1.49. The summed E-state index contributed by atoms with van der Waals surface area (Å²) in [6, 6.07) is 11.5. The van der Waals surface area contributed by atoms with E-state index in [4.69, 9.17) is 13.9 Å². The van der Waals surface area contributed by atoms with Gasteiger partial charge >= 0.3 is 0 Å². The van der Waals surface area contributed by atoms with E-state index in [0.29, 0.717) is 42.0 Å². The molecule has 2 unspecified atom stereocenters. The van der Waals surface area contributed by atoms with Gasteiger partial charge in [-0.05, 0) is 29.8 Å². The minimum absolute atomic E-state index is 0.0298. The number of rotatable bonds is 7. The number of Topliss-reactive ketones (excluding diaryl/α,β-unsaturated/α-hetero) is 2. The van der Waals surface area contributed by atoms with Gasteiger partial charge in [0.1, 0.15) is 11.7 Å². The van der Waals surface area contributed by atoms with Gasteiger partial charge in [-0.25, -0.2) is 4.39 Å². The summed E-state index contributed by atoms with van der Waals surface area (Å²) >= 11 is 0. The van der Waals surface area contributed by atoms with Crippen LogP contribution in [0.15, 0.2) is 52.9 Å². The normalized spacial score (nSPS) is 21.1. The Morgan fingerprint density at radius 1 is 1.09 bits per heavy atom. The molecule has 0 aliphatic carbocycles. The predicted molar refractivity (Wildman–Crippen MR) is 124 cm³/mol. The van der Waals surface area contributed by atoms with Crippen LogP contribution < -0.4 is 4.74 Å². The minimum Gasteiger partial charge on any atom is -0.493 e. The van der Waals surface area contributed by atoms with Gasteiger partial charge in [0.15, 0.2) is 17.1 Å². The van der Waals surface area contributed by atoms with Crippen LogP contribution in [0.1, 0.15) is 22.2 Å². The molecular weight excluding hydrogens is 455 g/mol. The standard InChI is InChI=1S/C26H25FN2O6/c1-33-19-4-2-3-17-15-20(35-25(17)19)23(30)21-22(16-5-7-18(27)8-6-16)29(26(32)24(21)31)10-9-28-11-13-34-14-12-28/h2-8,15,21-22H,9-14H2,1H3. The molecule has 2 aromatic carbocycles. The highest BCUT2D eigenvalue weighted by atomic mass is 19.1. The van der Waals surface area contributed by atoms with Gasteiger partial charge in [-0.3, -0.25) is 19.3 Å². The molecule has 2 aliphatic rings. The molecule has 8 nitrogen and oxygen atoms in total. The number of hydrogen-bond acceptors (Lipinski definition) is 7. The van der Waals surface area contributed by atoms with E-state index >= 15 is 0 Å². The number of morpholine rings is 1. The molecule has 2 fully saturated rings. The number of halogens is 1. The summed E-state index contributed by atoms with van der Waals surface area (Å²) in [6.07, 6.45) is 0. The Bertz CT molecular complexity index is 1260.